The highest BCUT2D eigenvalue weighted by Crippen LogP contribution is 2.29. The van der Waals surface area contributed by atoms with Crippen molar-refractivity contribution in [2.24, 2.45) is 5.92 Å². The summed E-state index contributed by atoms with van der Waals surface area (Å²) < 4.78 is 0. The molecular weight excluding hydrogens is 174 g/mol. The Bertz CT molecular complexity index is 294. The van der Waals surface area contributed by atoms with E-state index in [-0.39, 0.29) is 0 Å². The van der Waals surface area contributed by atoms with Gasteiger partial charge in [-0.1, -0.05) is 0 Å². The lowest BCUT2D eigenvalue weighted by Crippen LogP contribution is -2.05. The van der Waals surface area contributed by atoms with E-state index in [9.17, 15) is 0 Å². The minimum absolute atomic E-state index is 0.908. The maximum absolute atomic E-state index is 4.22. The molecule has 1 saturated carbocycles. The summed E-state index contributed by atoms with van der Waals surface area (Å²) in [5, 5.41) is 6.63. The molecule has 1 fully saturated rings. The summed E-state index contributed by atoms with van der Waals surface area (Å²) in [6.45, 7) is 4.10. The first-order chi connectivity index (χ1) is 6.88. The number of pyridine rings is 1. The first-order valence-electron chi connectivity index (χ1n) is 5.32. The van der Waals surface area contributed by atoms with Crippen molar-refractivity contribution in [2.45, 2.75) is 19.8 Å². The molecule has 0 aliphatic heterocycles. The monoisotopic (exact) mass is 191 g/mol. The summed E-state index contributed by atoms with van der Waals surface area (Å²) in [5.74, 6) is 1.86. The predicted octanol–water partition coefficient (Wildman–Crippen LogP) is 2.34. The average molecular weight is 191 g/mol. The second kappa shape index (κ2) is 4.31. The fraction of sp³-hybridized carbons (Fsp3) is 0.545. The molecule has 14 heavy (non-hydrogen) atoms. The van der Waals surface area contributed by atoms with Gasteiger partial charge in [0.1, 0.15) is 5.82 Å². The molecule has 1 heterocycles. The van der Waals surface area contributed by atoms with Crippen molar-refractivity contribution in [3.05, 3.63) is 18.3 Å². The van der Waals surface area contributed by atoms with Gasteiger partial charge in [-0.3, -0.25) is 0 Å². The molecular formula is C11H17N3. The molecule has 2 N–H and O–H groups in total. The molecule has 0 unspecified atom stereocenters. The Hall–Kier alpha value is -1.25. The lowest BCUT2D eigenvalue weighted by atomic mass is 10.3. The van der Waals surface area contributed by atoms with Gasteiger partial charge in [0.05, 0.1) is 0 Å². The summed E-state index contributed by atoms with van der Waals surface area (Å²) in [6, 6.07) is 4.08. The molecule has 0 saturated heterocycles. The second-order valence-corrected chi connectivity index (χ2v) is 3.78. The molecule has 76 valence electrons. The summed E-state index contributed by atoms with van der Waals surface area (Å²) >= 11 is 0. The van der Waals surface area contributed by atoms with Crippen molar-refractivity contribution >= 4 is 11.5 Å². The van der Waals surface area contributed by atoms with Gasteiger partial charge in [0, 0.05) is 31.0 Å². The summed E-state index contributed by atoms with van der Waals surface area (Å²) in [6.07, 6.45) is 4.61. The highest BCUT2D eigenvalue weighted by atomic mass is 15.0. The number of hydrogen-bond acceptors (Lipinski definition) is 3. The van der Waals surface area contributed by atoms with Gasteiger partial charge in [-0.2, -0.15) is 0 Å². The molecule has 1 aromatic rings. The number of hydrogen-bond donors (Lipinski definition) is 2. The molecule has 1 aliphatic rings. The molecule has 1 aliphatic carbocycles. The Kier molecular flexibility index (Phi) is 2.87. The summed E-state index contributed by atoms with van der Waals surface area (Å²) in [4.78, 5) is 4.22. The average Bonchev–Trinajstić information content (AvgIpc) is 2.99. The fourth-order valence-electron chi connectivity index (χ4n) is 1.40. The van der Waals surface area contributed by atoms with E-state index in [0.717, 1.165) is 24.8 Å². The normalized spacial score (nSPS) is 15.2. The number of aromatic nitrogens is 1. The lowest BCUT2D eigenvalue weighted by molar-refractivity contribution is 0.889. The van der Waals surface area contributed by atoms with Crippen molar-refractivity contribution in [3.63, 3.8) is 0 Å². The molecule has 0 spiro atoms. The van der Waals surface area contributed by atoms with Gasteiger partial charge in [-0.05, 0) is 31.7 Å². The van der Waals surface area contributed by atoms with E-state index < -0.39 is 0 Å². The van der Waals surface area contributed by atoms with Crippen molar-refractivity contribution < 1.29 is 0 Å². The van der Waals surface area contributed by atoms with Gasteiger partial charge < -0.3 is 10.6 Å². The molecule has 1 aromatic heterocycles. The largest absolute Gasteiger partial charge is 0.385 e. The Morgan fingerprint density at radius 1 is 1.43 bits per heavy atom. The zero-order valence-corrected chi connectivity index (χ0v) is 8.59. The molecule has 0 amide bonds. The molecule has 0 radical (unpaired) electrons. The van der Waals surface area contributed by atoms with E-state index >= 15 is 0 Å². The van der Waals surface area contributed by atoms with Crippen LogP contribution in [0.3, 0.4) is 0 Å². The topological polar surface area (TPSA) is 37.0 Å². The van der Waals surface area contributed by atoms with E-state index in [0.29, 0.717) is 0 Å². The van der Waals surface area contributed by atoms with E-state index in [1.807, 2.05) is 12.3 Å². The van der Waals surface area contributed by atoms with Crippen molar-refractivity contribution in [3.8, 4) is 0 Å². The third-order valence-corrected chi connectivity index (χ3v) is 2.41. The molecule has 3 heteroatoms. The quantitative estimate of drug-likeness (QED) is 0.750. The van der Waals surface area contributed by atoms with Gasteiger partial charge in [-0.15, -0.1) is 0 Å². The molecule has 0 atom stereocenters. The van der Waals surface area contributed by atoms with Crippen molar-refractivity contribution in [1.82, 2.24) is 4.98 Å². The van der Waals surface area contributed by atoms with E-state index in [1.165, 1.54) is 18.5 Å². The minimum atomic E-state index is 0.908. The Morgan fingerprint density at radius 2 is 2.29 bits per heavy atom. The fourth-order valence-corrected chi connectivity index (χ4v) is 1.40. The van der Waals surface area contributed by atoms with Crippen LogP contribution in [0, 0.1) is 5.92 Å². The highest BCUT2D eigenvalue weighted by molar-refractivity contribution is 5.51. The molecule has 0 aromatic carbocycles. The third kappa shape index (κ3) is 2.62. The first-order valence-corrected chi connectivity index (χ1v) is 5.32. The van der Waals surface area contributed by atoms with Gasteiger partial charge in [-0.25, -0.2) is 4.98 Å². The van der Waals surface area contributed by atoms with E-state index in [4.69, 9.17) is 0 Å². The van der Waals surface area contributed by atoms with Crippen LogP contribution in [0.1, 0.15) is 19.8 Å². The first kappa shape index (κ1) is 9.31. The number of anilines is 2. The molecule has 3 nitrogen and oxygen atoms in total. The van der Waals surface area contributed by atoms with Crippen LogP contribution in [0.2, 0.25) is 0 Å². The van der Waals surface area contributed by atoms with Crippen LogP contribution in [-0.4, -0.2) is 18.1 Å². The standard InChI is InChI=1S/C11H17N3/c1-2-12-11-7-10(5-6-13-11)14-8-9-3-4-9/h5-7,9H,2-4,8H2,1H3,(H2,12,13,14). The number of nitrogens with one attached hydrogen (secondary N) is 2. The Labute approximate surface area is 84.9 Å². The van der Waals surface area contributed by atoms with Crippen LogP contribution in [0.4, 0.5) is 11.5 Å². The van der Waals surface area contributed by atoms with Crippen LogP contribution in [-0.2, 0) is 0 Å². The van der Waals surface area contributed by atoms with Crippen molar-refractivity contribution in [2.75, 3.05) is 23.7 Å². The maximum Gasteiger partial charge on any atom is 0.127 e. The Balaban J connectivity index is 1.90. The minimum Gasteiger partial charge on any atom is -0.385 e. The van der Waals surface area contributed by atoms with E-state index in [2.05, 4.69) is 28.6 Å². The van der Waals surface area contributed by atoms with E-state index in [1.54, 1.807) is 0 Å². The second-order valence-electron chi connectivity index (χ2n) is 3.78. The zero-order valence-electron chi connectivity index (χ0n) is 8.59. The van der Waals surface area contributed by atoms with Crippen LogP contribution in [0.25, 0.3) is 0 Å². The number of nitrogens with zero attached hydrogens (tertiary/aromatic N) is 1. The molecule has 2 rings (SSSR count). The van der Waals surface area contributed by atoms with Gasteiger partial charge in [0.2, 0.25) is 0 Å². The number of rotatable bonds is 5. The summed E-state index contributed by atoms with van der Waals surface area (Å²) in [5.41, 5.74) is 1.17. The molecule has 0 bridgehead atoms. The lowest BCUT2D eigenvalue weighted by Gasteiger charge is -2.07. The zero-order chi connectivity index (χ0) is 9.80. The smallest absolute Gasteiger partial charge is 0.127 e. The van der Waals surface area contributed by atoms with Crippen LogP contribution in [0.5, 0.6) is 0 Å². The van der Waals surface area contributed by atoms with Gasteiger partial charge in [0.15, 0.2) is 0 Å². The van der Waals surface area contributed by atoms with Crippen molar-refractivity contribution in [1.29, 1.82) is 0 Å². The van der Waals surface area contributed by atoms with Gasteiger partial charge in [0.25, 0.3) is 0 Å². The Morgan fingerprint density at radius 3 is 3.00 bits per heavy atom. The van der Waals surface area contributed by atoms with Crippen LogP contribution >= 0.6 is 0 Å². The van der Waals surface area contributed by atoms with Crippen LogP contribution < -0.4 is 10.6 Å². The SMILES string of the molecule is CCNc1cc(NCC2CC2)ccn1. The highest BCUT2D eigenvalue weighted by Gasteiger charge is 2.20. The predicted molar refractivity (Wildman–Crippen MR) is 59.6 cm³/mol. The summed E-state index contributed by atoms with van der Waals surface area (Å²) in [7, 11) is 0. The third-order valence-electron chi connectivity index (χ3n) is 2.41. The maximum atomic E-state index is 4.22. The van der Waals surface area contributed by atoms with Crippen LogP contribution in [0.15, 0.2) is 18.3 Å². The van der Waals surface area contributed by atoms with Gasteiger partial charge >= 0.3 is 0 Å².